The van der Waals surface area contributed by atoms with Gasteiger partial charge in [0, 0.05) is 18.4 Å². The number of esters is 1. The lowest BCUT2D eigenvalue weighted by molar-refractivity contribution is -0.422. The first-order chi connectivity index (χ1) is 14.1. The van der Waals surface area contributed by atoms with Gasteiger partial charge in [-0.1, -0.05) is 19.4 Å². The summed E-state index contributed by atoms with van der Waals surface area (Å²) in [6.07, 6.45) is -10.4. The summed E-state index contributed by atoms with van der Waals surface area (Å²) >= 11 is 0. The number of carbonyl (C=O) groups is 1. The van der Waals surface area contributed by atoms with E-state index in [1.54, 1.807) is 0 Å². The third-order valence-electron chi connectivity index (χ3n) is 6.87. The number of alkyl halides is 6. The van der Waals surface area contributed by atoms with Crippen molar-refractivity contribution in [3.8, 4) is 0 Å². The summed E-state index contributed by atoms with van der Waals surface area (Å²) in [5, 5.41) is 9.96. The molecular formula is C20H26F6O5. The minimum atomic E-state index is -6.00. The van der Waals surface area contributed by atoms with Gasteiger partial charge in [0.25, 0.3) is 5.60 Å². The average molecular weight is 460 g/mol. The second-order valence-corrected chi connectivity index (χ2v) is 9.06. The summed E-state index contributed by atoms with van der Waals surface area (Å²) < 4.78 is 97.7. The van der Waals surface area contributed by atoms with Crippen LogP contribution >= 0.6 is 0 Å². The smallest absolute Gasteiger partial charge is 0.429 e. The molecule has 0 amide bonds. The van der Waals surface area contributed by atoms with Crippen LogP contribution in [0.5, 0.6) is 0 Å². The number of hydrogen-bond acceptors (Lipinski definition) is 5. The predicted molar refractivity (Wildman–Crippen MR) is 94.9 cm³/mol. The van der Waals surface area contributed by atoms with Gasteiger partial charge in [-0.25, -0.2) is 4.79 Å². The van der Waals surface area contributed by atoms with Crippen LogP contribution in [0.25, 0.3) is 0 Å². The molecular weight excluding hydrogens is 434 g/mol. The Bertz CT molecular complexity index is 696. The highest BCUT2D eigenvalue weighted by Gasteiger charge is 2.78. The number of aliphatic hydroxyl groups is 1. The average Bonchev–Trinajstić information content (AvgIpc) is 3.34. The molecule has 4 atom stereocenters. The van der Waals surface area contributed by atoms with Crippen molar-refractivity contribution in [2.24, 2.45) is 5.92 Å². The van der Waals surface area contributed by atoms with E-state index in [9.17, 15) is 36.2 Å². The van der Waals surface area contributed by atoms with E-state index in [4.69, 9.17) is 14.2 Å². The van der Waals surface area contributed by atoms with Crippen molar-refractivity contribution >= 4 is 5.97 Å². The fraction of sp³-hybridized carbons (Fsp3) is 0.850. The van der Waals surface area contributed by atoms with Gasteiger partial charge in [-0.3, -0.25) is 0 Å². The summed E-state index contributed by atoms with van der Waals surface area (Å²) in [4.78, 5) is 11.5. The maximum Gasteiger partial charge on any atom is 0.429 e. The van der Waals surface area contributed by atoms with E-state index in [-0.39, 0.29) is 25.7 Å². The lowest BCUT2D eigenvalue weighted by Crippen LogP contribution is -2.71. The number of fused-ring (bicyclic) bond motifs is 2. The minimum Gasteiger partial charge on any atom is -0.456 e. The molecule has 0 aromatic carbocycles. The zero-order valence-corrected chi connectivity index (χ0v) is 17.2. The molecule has 0 aromatic rings. The summed E-state index contributed by atoms with van der Waals surface area (Å²) in [6, 6.07) is 0. The number of rotatable bonds is 6. The molecule has 31 heavy (non-hydrogen) atoms. The highest BCUT2D eigenvalue weighted by Crippen LogP contribution is 2.57. The third-order valence-corrected chi connectivity index (χ3v) is 6.87. The lowest BCUT2D eigenvalue weighted by atomic mass is 9.73. The third kappa shape index (κ3) is 3.86. The van der Waals surface area contributed by atoms with Gasteiger partial charge in [-0.05, 0) is 33.1 Å². The van der Waals surface area contributed by atoms with E-state index in [0.29, 0.717) is 26.7 Å². The van der Waals surface area contributed by atoms with Gasteiger partial charge in [-0.15, -0.1) is 0 Å². The fourth-order valence-electron chi connectivity index (χ4n) is 5.44. The summed E-state index contributed by atoms with van der Waals surface area (Å²) in [5.74, 6) is -1.12. The largest absolute Gasteiger partial charge is 0.456 e. The molecule has 2 aliphatic heterocycles. The Morgan fingerprint density at radius 1 is 1.06 bits per heavy atom. The molecule has 2 bridgehead atoms. The Morgan fingerprint density at radius 3 is 2.03 bits per heavy atom. The molecule has 0 spiro atoms. The zero-order chi connectivity index (χ0) is 23.5. The van der Waals surface area contributed by atoms with E-state index in [1.807, 2.05) is 0 Å². The summed E-state index contributed by atoms with van der Waals surface area (Å²) in [6.45, 7) is 4.56. The second-order valence-electron chi connectivity index (χ2n) is 9.06. The SMILES string of the molecule is C=CC(=O)OC1CC2OC1CC2C1(OC(C)(C)C(O)(C(F)(F)F)C(F)(F)F)CCCC1. The zero-order valence-electron chi connectivity index (χ0n) is 17.2. The van der Waals surface area contributed by atoms with Crippen molar-refractivity contribution in [3.05, 3.63) is 12.7 Å². The number of hydrogen-bond donors (Lipinski definition) is 1. The Morgan fingerprint density at radius 2 is 1.61 bits per heavy atom. The first-order valence-electron chi connectivity index (χ1n) is 10.1. The quantitative estimate of drug-likeness (QED) is 0.365. The Balaban J connectivity index is 1.86. The van der Waals surface area contributed by atoms with Crippen LogP contribution in [0.4, 0.5) is 26.3 Å². The lowest BCUT2D eigenvalue weighted by Gasteiger charge is -2.50. The highest BCUT2D eigenvalue weighted by atomic mass is 19.4. The van der Waals surface area contributed by atoms with Crippen molar-refractivity contribution in [2.75, 3.05) is 0 Å². The van der Waals surface area contributed by atoms with Crippen LogP contribution in [-0.2, 0) is 19.0 Å². The van der Waals surface area contributed by atoms with Crippen LogP contribution in [0, 0.1) is 5.92 Å². The summed E-state index contributed by atoms with van der Waals surface area (Å²) in [5.41, 5.74) is -9.38. The van der Waals surface area contributed by atoms with E-state index in [1.165, 1.54) is 0 Å². The first-order valence-corrected chi connectivity index (χ1v) is 10.1. The molecule has 2 saturated heterocycles. The Kier molecular flexibility index (Phi) is 5.98. The summed E-state index contributed by atoms with van der Waals surface area (Å²) in [7, 11) is 0. The van der Waals surface area contributed by atoms with Crippen LogP contribution < -0.4 is 0 Å². The first kappa shape index (κ1) is 24.3. The van der Waals surface area contributed by atoms with Gasteiger partial charge in [0.05, 0.1) is 17.8 Å². The standard InChI is InChI=1S/C20H26F6O5/c1-4-15(27)30-14-10-12-11(9-13(14)29-12)17(7-5-6-8-17)31-16(2,3)18(28,19(21,22)23)20(24,25)26/h4,11-14,28H,1,5-10H2,2-3H3. The molecule has 3 aliphatic rings. The number of halogens is 6. The van der Waals surface area contributed by atoms with Crippen molar-refractivity contribution in [1.82, 2.24) is 0 Å². The minimum absolute atomic E-state index is 0.247. The van der Waals surface area contributed by atoms with Gasteiger partial charge < -0.3 is 19.3 Å². The van der Waals surface area contributed by atoms with Crippen molar-refractivity contribution < 1.29 is 50.5 Å². The van der Waals surface area contributed by atoms with Gasteiger partial charge in [0.15, 0.2) is 0 Å². The molecule has 0 radical (unpaired) electrons. The molecule has 3 rings (SSSR count). The molecule has 1 aliphatic carbocycles. The van der Waals surface area contributed by atoms with Crippen molar-refractivity contribution in [2.45, 2.75) is 99.8 Å². The van der Waals surface area contributed by atoms with Crippen LogP contribution in [0.1, 0.15) is 52.4 Å². The maximum absolute atomic E-state index is 13.5. The Hall–Kier alpha value is -1.33. The van der Waals surface area contributed by atoms with Crippen LogP contribution in [-0.4, -0.2) is 58.5 Å². The number of ether oxygens (including phenoxy) is 3. The van der Waals surface area contributed by atoms with Gasteiger partial charge >= 0.3 is 18.3 Å². The molecule has 4 unspecified atom stereocenters. The molecule has 178 valence electrons. The monoisotopic (exact) mass is 460 g/mol. The van der Waals surface area contributed by atoms with Crippen LogP contribution in [0.2, 0.25) is 0 Å². The maximum atomic E-state index is 13.5. The number of carbonyl (C=O) groups excluding carboxylic acids is 1. The van der Waals surface area contributed by atoms with E-state index < -0.39 is 59.4 Å². The molecule has 3 fully saturated rings. The Labute approximate surface area is 175 Å². The van der Waals surface area contributed by atoms with Gasteiger partial charge in [0.2, 0.25) is 0 Å². The van der Waals surface area contributed by atoms with Crippen LogP contribution in [0.3, 0.4) is 0 Å². The normalized spacial score (nSPS) is 31.1. The molecule has 2 heterocycles. The second kappa shape index (κ2) is 7.62. The fourth-order valence-corrected chi connectivity index (χ4v) is 5.44. The van der Waals surface area contributed by atoms with Gasteiger partial charge in [0.1, 0.15) is 11.7 Å². The molecule has 0 aromatic heterocycles. The van der Waals surface area contributed by atoms with E-state index in [0.717, 1.165) is 6.08 Å². The van der Waals surface area contributed by atoms with Crippen molar-refractivity contribution in [1.29, 1.82) is 0 Å². The van der Waals surface area contributed by atoms with E-state index >= 15 is 0 Å². The topological polar surface area (TPSA) is 65.0 Å². The molecule has 1 N–H and O–H groups in total. The molecule has 5 nitrogen and oxygen atoms in total. The highest BCUT2D eigenvalue weighted by molar-refractivity contribution is 5.81. The predicted octanol–water partition coefficient (Wildman–Crippen LogP) is 4.23. The van der Waals surface area contributed by atoms with Crippen molar-refractivity contribution in [3.63, 3.8) is 0 Å². The van der Waals surface area contributed by atoms with Gasteiger partial charge in [-0.2, -0.15) is 26.3 Å². The molecule has 11 heteroatoms. The molecule has 1 saturated carbocycles. The van der Waals surface area contributed by atoms with Crippen LogP contribution in [0.15, 0.2) is 12.7 Å². The van der Waals surface area contributed by atoms with E-state index in [2.05, 4.69) is 6.58 Å².